The summed E-state index contributed by atoms with van der Waals surface area (Å²) < 4.78 is 6.50. The van der Waals surface area contributed by atoms with Crippen molar-refractivity contribution < 1.29 is 14.6 Å². The molecule has 0 aliphatic rings. The van der Waals surface area contributed by atoms with E-state index in [2.05, 4.69) is 29.8 Å². The molecule has 4 heteroatoms. The fourth-order valence-corrected chi connectivity index (χ4v) is 1.64. The van der Waals surface area contributed by atoms with Crippen LogP contribution in [0.3, 0.4) is 0 Å². The van der Waals surface area contributed by atoms with E-state index in [0.29, 0.717) is 12.5 Å². The number of ether oxygens (including phenoxy) is 1. The standard InChI is InChI=1S/C14H17BrO3/c1-3-10(2)9-18-12-5-6-13(15)11(8-12)4-7-14(16)17/h4-8,10H,3,9H2,1-2H3,(H,16,17)/b7-4+. The SMILES string of the molecule is CCC(C)COc1ccc(Br)c(/C=C/C(=O)O)c1. The lowest BCUT2D eigenvalue weighted by molar-refractivity contribution is -0.131. The molecule has 1 N–H and O–H groups in total. The first-order valence-corrected chi connectivity index (χ1v) is 6.65. The van der Waals surface area contributed by atoms with Gasteiger partial charge in [0.05, 0.1) is 6.61 Å². The summed E-state index contributed by atoms with van der Waals surface area (Å²) in [5.74, 6) is 0.294. The summed E-state index contributed by atoms with van der Waals surface area (Å²) in [7, 11) is 0. The van der Waals surface area contributed by atoms with Crippen LogP contribution in [0.5, 0.6) is 5.75 Å². The van der Waals surface area contributed by atoms with Crippen LogP contribution in [-0.4, -0.2) is 17.7 Å². The van der Waals surface area contributed by atoms with Gasteiger partial charge in [-0.25, -0.2) is 4.79 Å². The first-order valence-electron chi connectivity index (χ1n) is 5.86. The number of carboxylic acid groups (broad SMARTS) is 1. The van der Waals surface area contributed by atoms with Crippen LogP contribution in [0.1, 0.15) is 25.8 Å². The average Bonchev–Trinajstić information content (AvgIpc) is 2.35. The number of carbonyl (C=O) groups is 1. The third-order valence-corrected chi connectivity index (χ3v) is 3.33. The Kier molecular flexibility index (Phi) is 5.92. The summed E-state index contributed by atoms with van der Waals surface area (Å²) in [4.78, 5) is 10.5. The van der Waals surface area contributed by atoms with Crippen molar-refractivity contribution >= 4 is 28.0 Å². The third-order valence-electron chi connectivity index (χ3n) is 2.60. The lowest BCUT2D eigenvalue weighted by Crippen LogP contribution is -2.07. The van der Waals surface area contributed by atoms with Crippen LogP contribution in [0, 0.1) is 5.92 Å². The van der Waals surface area contributed by atoms with E-state index in [1.807, 2.05) is 18.2 Å². The number of hydrogen-bond acceptors (Lipinski definition) is 2. The average molecular weight is 313 g/mol. The minimum Gasteiger partial charge on any atom is -0.493 e. The molecule has 0 amide bonds. The molecule has 1 unspecified atom stereocenters. The maximum absolute atomic E-state index is 10.5. The van der Waals surface area contributed by atoms with Gasteiger partial charge in [-0.2, -0.15) is 0 Å². The van der Waals surface area contributed by atoms with Gasteiger partial charge in [-0.3, -0.25) is 0 Å². The van der Waals surface area contributed by atoms with Gasteiger partial charge < -0.3 is 9.84 Å². The highest BCUT2D eigenvalue weighted by molar-refractivity contribution is 9.10. The Morgan fingerprint density at radius 3 is 2.89 bits per heavy atom. The molecule has 0 saturated carbocycles. The Morgan fingerprint density at radius 2 is 2.28 bits per heavy atom. The van der Waals surface area contributed by atoms with Crippen molar-refractivity contribution in [3.8, 4) is 5.75 Å². The summed E-state index contributed by atoms with van der Waals surface area (Å²) >= 11 is 3.37. The van der Waals surface area contributed by atoms with Gasteiger partial charge in [0.1, 0.15) is 5.75 Å². The smallest absolute Gasteiger partial charge is 0.328 e. The number of halogens is 1. The number of carboxylic acids is 1. The quantitative estimate of drug-likeness (QED) is 0.808. The second-order valence-electron chi connectivity index (χ2n) is 4.18. The molecule has 0 aliphatic heterocycles. The Bertz CT molecular complexity index is 441. The molecule has 98 valence electrons. The van der Waals surface area contributed by atoms with Crippen LogP contribution >= 0.6 is 15.9 Å². The van der Waals surface area contributed by atoms with E-state index in [0.717, 1.165) is 28.3 Å². The molecule has 0 spiro atoms. The van der Waals surface area contributed by atoms with Crippen molar-refractivity contribution in [2.24, 2.45) is 5.92 Å². The first-order chi connectivity index (χ1) is 8.52. The first kappa shape index (κ1) is 14.8. The van der Waals surface area contributed by atoms with Crippen LogP contribution in [-0.2, 0) is 4.79 Å². The van der Waals surface area contributed by atoms with Gasteiger partial charge in [0.15, 0.2) is 0 Å². The van der Waals surface area contributed by atoms with Crippen molar-refractivity contribution in [2.75, 3.05) is 6.61 Å². The summed E-state index contributed by atoms with van der Waals surface area (Å²) in [6.07, 6.45) is 3.73. The van der Waals surface area contributed by atoms with Gasteiger partial charge in [0, 0.05) is 10.5 Å². The summed E-state index contributed by atoms with van der Waals surface area (Å²) in [5.41, 5.74) is 0.791. The lowest BCUT2D eigenvalue weighted by Gasteiger charge is -2.11. The Morgan fingerprint density at radius 1 is 1.56 bits per heavy atom. The van der Waals surface area contributed by atoms with E-state index in [4.69, 9.17) is 9.84 Å². The largest absolute Gasteiger partial charge is 0.493 e. The normalized spacial score (nSPS) is 12.6. The molecule has 1 rings (SSSR count). The zero-order chi connectivity index (χ0) is 13.5. The number of aliphatic carboxylic acids is 1. The Hall–Kier alpha value is -1.29. The molecule has 0 heterocycles. The third kappa shape index (κ3) is 4.92. The molecule has 0 fully saturated rings. The monoisotopic (exact) mass is 312 g/mol. The van der Waals surface area contributed by atoms with Crippen molar-refractivity contribution in [1.82, 2.24) is 0 Å². The zero-order valence-electron chi connectivity index (χ0n) is 10.5. The number of hydrogen-bond donors (Lipinski definition) is 1. The highest BCUT2D eigenvalue weighted by atomic mass is 79.9. The molecule has 0 radical (unpaired) electrons. The van der Waals surface area contributed by atoms with E-state index in [9.17, 15) is 4.79 Å². The fraction of sp³-hybridized carbons (Fsp3) is 0.357. The molecule has 3 nitrogen and oxygen atoms in total. The second-order valence-corrected chi connectivity index (χ2v) is 5.03. The summed E-state index contributed by atoms with van der Waals surface area (Å²) in [5, 5.41) is 8.61. The molecule has 0 aliphatic carbocycles. The number of rotatable bonds is 6. The maximum Gasteiger partial charge on any atom is 0.328 e. The number of benzene rings is 1. The topological polar surface area (TPSA) is 46.5 Å². The van der Waals surface area contributed by atoms with E-state index in [1.54, 1.807) is 6.08 Å². The van der Waals surface area contributed by atoms with Crippen LogP contribution in [0.2, 0.25) is 0 Å². The van der Waals surface area contributed by atoms with Crippen LogP contribution in [0.15, 0.2) is 28.7 Å². The van der Waals surface area contributed by atoms with E-state index in [-0.39, 0.29) is 0 Å². The molecular weight excluding hydrogens is 296 g/mol. The van der Waals surface area contributed by atoms with Gasteiger partial charge in [-0.05, 0) is 35.8 Å². The Balaban J connectivity index is 2.77. The highest BCUT2D eigenvalue weighted by Crippen LogP contribution is 2.24. The lowest BCUT2D eigenvalue weighted by atomic mass is 10.1. The molecule has 1 aromatic rings. The summed E-state index contributed by atoms with van der Waals surface area (Å²) in [6, 6.07) is 5.55. The summed E-state index contributed by atoms with van der Waals surface area (Å²) in [6.45, 7) is 4.92. The fourth-order valence-electron chi connectivity index (χ4n) is 1.26. The van der Waals surface area contributed by atoms with Gasteiger partial charge in [-0.1, -0.05) is 36.2 Å². The molecule has 1 atom stereocenters. The molecule has 18 heavy (non-hydrogen) atoms. The predicted molar refractivity (Wildman–Crippen MR) is 75.8 cm³/mol. The van der Waals surface area contributed by atoms with Gasteiger partial charge >= 0.3 is 5.97 Å². The predicted octanol–water partition coefficient (Wildman–Crippen LogP) is 3.97. The van der Waals surface area contributed by atoms with Crippen molar-refractivity contribution in [1.29, 1.82) is 0 Å². The second kappa shape index (κ2) is 7.21. The molecule has 0 aromatic heterocycles. The van der Waals surface area contributed by atoms with Crippen LogP contribution < -0.4 is 4.74 Å². The van der Waals surface area contributed by atoms with Crippen LogP contribution in [0.25, 0.3) is 6.08 Å². The Labute approximate surface area is 116 Å². The highest BCUT2D eigenvalue weighted by Gasteiger charge is 2.03. The zero-order valence-corrected chi connectivity index (χ0v) is 12.1. The van der Waals surface area contributed by atoms with Gasteiger partial charge in [0.2, 0.25) is 0 Å². The molecular formula is C14H17BrO3. The molecule has 0 bridgehead atoms. The maximum atomic E-state index is 10.5. The van der Waals surface area contributed by atoms with E-state index >= 15 is 0 Å². The van der Waals surface area contributed by atoms with Crippen LogP contribution in [0.4, 0.5) is 0 Å². The molecule has 0 saturated heterocycles. The van der Waals surface area contributed by atoms with Gasteiger partial charge in [0.25, 0.3) is 0 Å². The van der Waals surface area contributed by atoms with Crippen molar-refractivity contribution in [2.45, 2.75) is 20.3 Å². The van der Waals surface area contributed by atoms with Crippen molar-refractivity contribution in [3.05, 3.63) is 34.3 Å². The molecule has 1 aromatic carbocycles. The van der Waals surface area contributed by atoms with Gasteiger partial charge in [-0.15, -0.1) is 0 Å². The van der Waals surface area contributed by atoms with E-state index in [1.165, 1.54) is 0 Å². The van der Waals surface area contributed by atoms with E-state index < -0.39 is 5.97 Å². The van der Waals surface area contributed by atoms with Crippen molar-refractivity contribution in [3.63, 3.8) is 0 Å². The minimum absolute atomic E-state index is 0.506. The minimum atomic E-state index is -0.965.